The second kappa shape index (κ2) is 8.77. The molecule has 0 aliphatic rings. The van der Waals surface area contributed by atoms with Crippen LogP contribution in [0.3, 0.4) is 0 Å². The first-order valence-corrected chi connectivity index (χ1v) is 13.6. The van der Waals surface area contributed by atoms with Crippen molar-refractivity contribution in [2.24, 2.45) is 0 Å². The first-order chi connectivity index (χ1) is 11.8. The van der Waals surface area contributed by atoms with Crippen LogP contribution in [-0.2, 0) is 6.42 Å². The molecule has 138 valence electrons. The van der Waals surface area contributed by atoms with Crippen molar-refractivity contribution in [1.29, 1.82) is 0 Å². The van der Waals surface area contributed by atoms with Gasteiger partial charge in [-0.05, 0) is 34.9 Å². The molecule has 0 nitrogen and oxygen atoms in total. The number of benzene rings is 2. The van der Waals surface area contributed by atoms with E-state index in [1.807, 2.05) is 0 Å². The van der Waals surface area contributed by atoms with Gasteiger partial charge < -0.3 is 0 Å². The Morgan fingerprint density at radius 3 is 2.20 bits per heavy atom. The van der Waals surface area contributed by atoms with Crippen LogP contribution in [-0.4, -0.2) is 18.6 Å². The smallest absolute Gasteiger partial charge is 0.0867 e. The van der Waals surface area contributed by atoms with Crippen LogP contribution in [0.25, 0.3) is 10.8 Å². The van der Waals surface area contributed by atoms with Crippen LogP contribution in [0.4, 0.5) is 0 Å². The molecule has 2 heteroatoms. The SMILES string of the molecule is CC[Si](CC)(CC)c1cccc2cc(CCCSC(C)(C)C)ccc12. The van der Waals surface area contributed by atoms with Gasteiger partial charge in [0, 0.05) is 4.75 Å². The van der Waals surface area contributed by atoms with Crippen molar-refractivity contribution in [3.05, 3.63) is 42.0 Å². The Morgan fingerprint density at radius 1 is 0.920 bits per heavy atom. The summed E-state index contributed by atoms with van der Waals surface area (Å²) < 4.78 is 0.382. The van der Waals surface area contributed by atoms with Crippen LogP contribution in [0, 0.1) is 0 Å². The monoisotopic (exact) mass is 372 g/mol. The fourth-order valence-electron chi connectivity index (χ4n) is 3.93. The van der Waals surface area contributed by atoms with Gasteiger partial charge in [-0.1, -0.05) is 101 Å². The molecule has 0 fully saturated rings. The van der Waals surface area contributed by atoms with Crippen molar-refractivity contribution < 1.29 is 0 Å². The first kappa shape index (κ1) is 20.6. The van der Waals surface area contributed by atoms with Gasteiger partial charge in [0.1, 0.15) is 0 Å². The maximum atomic E-state index is 2.45. The molecule has 0 unspecified atom stereocenters. The van der Waals surface area contributed by atoms with Crippen molar-refractivity contribution >= 4 is 35.8 Å². The molecule has 25 heavy (non-hydrogen) atoms. The van der Waals surface area contributed by atoms with E-state index in [0.717, 1.165) is 0 Å². The van der Waals surface area contributed by atoms with E-state index >= 15 is 0 Å². The molecule has 0 atom stereocenters. The van der Waals surface area contributed by atoms with Crippen molar-refractivity contribution in [3.63, 3.8) is 0 Å². The summed E-state index contributed by atoms with van der Waals surface area (Å²) in [6, 6.07) is 18.3. The van der Waals surface area contributed by atoms with Crippen molar-refractivity contribution in [2.75, 3.05) is 5.75 Å². The number of thioether (sulfide) groups is 1. The van der Waals surface area contributed by atoms with Gasteiger partial charge in [-0.2, -0.15) is 11.8 Å². The quantitative estimate of drug-likeness (QED) is 0.354. The number of rotatable bonds is 8. The van der Waals surface area contributed by atoms with E-state index in [1.54, 1.807) is 5.19 Å². The number of fused-ring (bicyclic) bond motifs is 1. The van der Waals surface area contributed by atoms with Gasteiger partial charge in [-0.3, -0.25) is 0 Å². The Hall–Kier alpha value is -0.733. The highest BCUT2D eigenvalue weighted by molar-refractivity contribution is 8.00. The second-order valence-electron chi connectivity index (χ2n) is 8.27. The minimum Gasteiger partial charge on any atom is -0.156 e. The number of hydrogen-bond donors (Lipinski definition) is 0. The van der Waals surface area contributed by atoms with E-state index < -0.39 is 8.07 Å². The Bertz CT molecular complexity index is 672. The predicted molar refractivity (Wildman–Crippen MR) is 121 cm³/mol. The van der Waals surface area contributed by atoms with Crippen LogP contribution in [0.1, 0.15) is 53.5 Å². The first-order valence-electron chi connectivity index (χ1n) is 10.0. The van der Waals surface area contributed by atoms with Gasteiger partial charge in [0.05, 0.1) is 8.07 Å². The average molecular weight is 373 g/mol. The molecule has 2 aromatic rings. The summed E-state index contributed by atoms with van der Waals surface area (Å²) in [6.07, 6.45) is 2.46. The molecule has 0 saturated heterocycles. The van der Waals surface area contributed by atoms with E-state index in [0.29, 0.717) is 4.75 Å². The predicted octanol–water partition coefficient (Wildman–Crippen LogP) is 7.02. The minimum absolute atomic E-state index is 0.382. The Labute approximate surface area is 160 Å². The maximum absolute atomic E-state index is 2.45. The van der Waals surface area contributed by atoms with E-state index in [2.05, 4.69) is 89.7 Å². The van der Waals surface area contributed by atoms with Crippen LogP contribution in [0.15, 0.2) is 36.4 Å². The highest BCUT2D eigenvalue weighted by atomic mass is 32.2. The lowest BCUT2D eigenvalue weighted by Gasteiger charge is -2.30. The van der Waals surface area contributed by atoms with Gasteiger partial charge in [-0.15, -0.1) is 0 Å². The topological polar surface area (TPSA) is 0 Å². The molecular formula is C23H36SSi. The molecule has 2 rings (SSSR count). The Balaban J connectivity index is 2.22. The fourth-order valence-corrected chi connectivity index (χ4v) is 8.72. The third kappa shape index (κ3) is 5.14. The van der Waals surface area contributed by atoms with E-state index in [1.165, 1.54) is 53.1 Å². The average Bonchev–Trinajstić information content (AvgIpc) is 2.60. The zero-order valence-electron chi connectivity index (χ0n) is 17.1. The lowest BCUT2D eigenvalue weighted by Crippen LogP contribution is -2.46. The van der Waals surface area contributed by atoms with Gasteiger partial charge in [0.25, 0.3) is 0 Å². The lowest BCUT2D eigenvalue weighted by molar-refractivity contribution is 0.797. The summed E-state index contributed by atoms with van der Waals surface area (Å²) in [7, 11) is -1.33. The minimum atomic E-state index is -1.33. The lowest BCUT2D eigenvalue weighted by atomic mass is 10.0. The van der Waals surface area contributed by atoms with Crippen LogP contribution in [0.5, 0.6) is 0 Å². The zero-order valence-corrected chi connectivity index (χ0v) is 18.9. The largest absolute Gasteiger partial charge is 0.156 e. The van der Waals surface area contributed by atoms with E-state index in [-0.39, 0.29) is 0 Å². The summed E-state index contributed by atoms with van der Waals surface area (Å²) >= 11 is 2.08. The van der Waals surface area contributed by atoms with Gasteiger partial charge in [-0.25, -0.2) is 0 Å². The van der Waals surface area contributed by atoms with Crippen molar-refractivity contribution in [3.8, 4) is 0 Å². The molecule has 0 aliphatic heterocycles. The van der Waals surface area contributed by atoms with Crippen LogP contribution >= 0.6 is 11.8 Å². The van der Waals surface area contributed by atoms with Gasteiger partial charge in [0.2, 0.25) is 0 Å². The molecule has 0 saturated carbocycles. The molecule has 0 bridgehead atoms. The Kier molecular flexibility index (Phi) is 7.22. The summed E-state index contributed by atoms with van der Waals surface area (Å²) in [4.78, 5) is 0. The van der Waals surface area contributed by atoms with Crippen LogP contribution < -0.4 is 5.19 Å². The van der Waals surface area contributed by atoms with E-state index in [4.69, 9.17) is 0 Å². The molecule has 0 aliphatic carbocycles. The summed E-state index contributed by atoms with van der Waals surface area (Å²) in [5.74, 6) is 1.25. The fraction of sp³-hybridized carbons (Fsp3) is 0.565. The van der Waals surface area contributed by atoms with Gasteiger partial charge in [0.15, 0.2) is 0 Å². The maximum Gasteiger partial charge on any atom is 0.0867 e. The molecule has 0 aromatic heterocycles. The molecule has 0 N–H and O–H groups in total. The number of aryl methyl sites for hydroxylation is 1. The molecule has 2 aromatic carbocycles. The van der Waals surface area contributed by atoms with Crippen molar-refractivity contribution in [2.45, 2.75) is 77.3 Å². The summed E-state index contributed by atoms with van der Waals surface area (Å²) in [5.41, 5.74) is 1.50. The summed E-state index contributed by atoms with van der Waals surface area (Å²) in [6.45, 7) is 14.1. The molecular weight excluding hydrogens is 336 g/mol. The standard InChI is InChI=1S/C23H36SSi/c1-7-25(8-2,9-3)22-14-10-13-20-18-19(15-16-21(20)22)12-11-17-24-23(4,5)6/h10,13-16,18H,7-9,11-12,17H2,1-6H3. The molecule has 0 radical (unpaired) electrons. The second-order valence-corrected chi connectivity index (χ2v) is 15.4. The highest BCUT2D eigenvalue weighted by Crippen LogP contribution is 2.27. The molecule has 0 spiro atoms. The van der Waals surface area contributed by atoms with Gasteiger partial charge >= 0.3 is 0 Å². The third-order valence-corrected chi connectivity index (χ3v) is 12.7. The zero-order chi connectivity index (χ0) is 18.5. The normalized spacial score (nSPS) is 12.7. The third-order valence-electron chi connectivity index (χ3n) is 5.69. The highest BCUT2D eigenvalue weighted by Gasteiger charge is 2.30. The van der Waals surface area contributed by atoms with Crippen molar-refractivity contribution in [1.82, 2.24) is 0 Å². The van der Waals surface area contributed by atoms with Crippen LogP contribution in [0.2, 0.25) is 18.1 Å². The summed E-state index contributed by atoms with van der Waals surface area (Å²) in [5, 5.41) is 4.66. The van der Waals surface area contributed by atoms with E-state index in [9.17, 15) is 0 Å². The molecule has 0 heterocycles. The number of hydrogen-bond acceptors (Lipinski definition) is 1. The Morgan fingerprint density at radius 2 is 1.60 bits per heavy atom. The molecule has 0 amide bonds.